The van der Waals surface area contributed by atoms with Gasteiger partial charge in [-0.3, -0.25) is 5.84 Å². The molecule has 0 radical (unpaired) electrons. The van der Waals surface area contributed by atoms with Crippen LogP contribution in [-0.4, -0.2) is 36.5 Å². The number of hydrazine groups is 1. The second-order valence-corrected chi connectivity index (χ2v) is 2.83. The molecule has 0 aliphatic carbocycles. The Morgan fingerprint density at radius 1 is 1.50 bits per heavy atom. The molecule has 12 heavy (non-hydrogen) atoms. The fourth-order valence-corrected chi connectivity index (χ4v) is 1.24. The Balaban J connectivity index is 2.63. The first kappa shape index (κ1) is 9.76. The average Bonchev–Trinajstić information content (AvgIpc) is 1.81. The number of alkyl halides is 3. The van der Waals surface area contributed by atoms with Crippen LogP contribution in [0.15, 0.2) is 0 Å². The average molecular weight is 184 g/mol. The summed E-state index contributed by atoms with van der Waals surface area (Å²) in [6.07, 6.45) is -4.32. The normalized spacial score (nSPS) is 23.8. The quantitative estimate of drug-likeness (QED) is 0.635. The molecule has 1 aliphatic rings. The molecule has 0 aromatic carbocycles. The van der Waals surface area contributed by atoms with Crippen LogP contribution >= 0.6 is 0 Å². The lowest BCUT2D eigenvalue weighted by Crippen LogP contribution is -2.72. The van der Waals surface area contributed by atoms with Gasteiger partial charge in [0.2, 0.25) is 0 Å². The fraction of sp³-hybridized carbons (Fsp3) is 1.00. The van der Waals surface area contributed by atoms with Crippen molar-refractivity contribution in [1.29, 1.82) is 0 Å². The van der Waals surface area contributed by atoms with Gasteiger partial charge < -0.3 is 4.74 Å². The molecule has 0 atom stereocenters. The van der Waals surface area contributed by atoms with E-state index in [0.29, 0.717) is 0 Å². The molecule has 2 N–H and O–H groups in total. The highest BCUT2D eigenvalue weighted by Crippen LogP contribution is 2.39. The number of hydrogen-bond donors (Lipinski definition) is 1. The third-order valence-corrected chi connectivity index (χ3v) is 1.85. The Morgan fingerprint density at radius 3 is 2.25 bits per heavy atom. The summed E-state index contributed by atoms with van der Waals surface area (Å²) in [6.45, 7) is 1.04. The highest BCUT2D eigenvalue weighted by molar-refractivity contribution is 5.00. The molecule has 72 valence electrons. The SMILES string of the molecule is CCOC1(C(F)(F)F)CN(N)C1. The summed E-state index contributed by atoms with van der Waals surface area (Å²) in [5, 5.41) is 1.09. The minimum Gasteiger partial charge on any atom is -0.363 e. The van der Waals surface area contributed by atoms with Crippen molar-refractivity contribution in [1.82, 2.24) is 5.01 Å². The van der Waals surface area contributed by atoms with E-state index in [2.05, 4.69) is 4.74 Å². The van der Waals surface area contributed by atoms with Gasteiger partial charge in [0.1, 0.15) is 0 Å². The lowest BCUT2D eigenvalue weighted by molar-refractivity contribution is -0.318. The first-order valence-corrected chi connectivity index (χ1v) is 3.61. The molecule has 1 heterocycles. The van der Waals surface area contributed by atoms with Gasteiger partial charge in [0.25, 0.3) is 0 Å². The van der Waals surface area contributed by atoms with Crippen molar-refractivity contribution in [2.45, 2.75) is 18.7 Å². The maximum absolute atomic E-state index is 12.3. The molecular weight excluding hydrogens is 173 g/mol. The van der Waals surface area contributed by atoms with E-state index < -0.39 is 11.8 Å². The van der Waals surface area contributed by atoms with Crippen molar-refractivity contribution < 1.29 is 17.9 Å². The molecule has 0 bridgehead atoms. The largest absolute Gasteiger partial charge is 0.420 e. The predicted molar refractivity (Wildman–Crippen MR) is 36.2 cm³/mol. The standard InChI is InChI=1S/C6H11F3N2O/c1-2-12-5(6(7,8)9)3-11(10)4-5/h2-4,10H2,1H3. The van der Waals surface area contributed by atoms with E-state index in [1.54, 1.807) is 0 Å². The molecule has 1 fully saturated rings. The van der Waals surface area contributed by atoms with Gasteiger partial charge in [0.15, 0.2) is 5.60 Å². The second kappa shape index (κ2) is 2.86. The summed E-state index contributed by atoms with van der Waals surface area (Å²) in [5.74, 6) is 5.13. The fourth-order valence-electron chi connectivity index (χ4n) is 1.24. The van der Waals surface area contributed by atoms with E-state index in [-0.39, 0.29) is 19.7 Å². The van der Waals surface area contributed by atoms with Gasteiger partial charge in [-0.2, -0.15) is 13.2 Å². The van der Waals surface area contributed by atoms with Crippen molar-refractivity contribution >= 4 is 0 Å². The van der Waals surface area contributed by atoms with Gasteiger partial charge in [-0.05, 0) is 6.92 Å². The van der Waals surface area contributed by atoms with E-state index in [0.717, 1.165) is 5.01 Å². The molecule has 0 saturated carbocycles. The molecule has 0 unspecified atom stereocenters. The second-order valence-electron chi connectivity index (χ2n) is 2.83. The number of halogens is 3. The summed E-state index contributed by atoms with van der Waals surface area (Å²) in [5.41, 5.74) is -2.02. The summed E-state index contributed by atoms with van der Waals surface area (Å²) in [6, 6.07) is 0. The third kappa shape index (κ3) is 1.41. The molecule has 1 aliphatic heterocycles. The van der Waals surface area contributed by atoms with Crippen molar-refractivity contribution in [2.24, 2.45) is 5.84 Å². The molecule has 0 amide bonds. The monoisotopic (exact) mass is 184 g/mol. The topological polar surface area (TPSA) is 38.5 Å². The minimum absolute atomic E-state index is 0.0490. The summed E-state index contributed by atoms with van der Waals surface area (Å²) < 4.78 is 41.6. The molecule has 0 spiro atoms. The molecule has 1 rings (SSSR count). The van der Waals surface area contributed by atoms with Crippen molar-refractivity contribution in [3.8, 4) is 0 Å². The smallest absolute Gasteiger partial charge is 0.363 e. The highest BCUT2D eigenvalue weighted by Gasteiger charge is 2.62. The maximum atomic E-state index is 12.3. The van der Waals surface area contributed by atoms with Gasteiger partial charge in [-0.15, -0.1) is 0 Å². The highest BCUT2D eigenvalue weighted by atomic mass is 19.4. The Kier molecular flexibility index (Phi) is 2.33. The molecule has 6 heteroatoms. The van der Waals surface area contributed by atoms with Gasteiger partial charge in [-0.25, -0.2) is 5.01 Å². The predicted octanol–water partition coefficient (Wildman–Crippen LogP) is 0.513. The van der Waals surface area contributed by atoms with Crippen LogP contribution in [-0.2, 0) is 4.74 Å². The lowest BCUT2D eigenvalue weighted by Gasteiger charge is -2.47. The third-order valence-electron chi connectivity index (χ3n) is 1.85. The van der Waals surface area contributed by atoms with Crippen LogP contribution in [0, 0.1) is 0 Å². The number of rotatable bonds is 2. The van der Waals surface area contributed by atoms with Crippen LogP contribution < -0.4 is 5.84 Å². The van der Waals surface area contributed by atoms with Crippen LogP contribution in [0.5, 0.6) is 0 Å². The van der Waals surface area contributed by atoms with E-state index in [9.17, 15) is 13.2 Å². The van der Waals surface area contributed by atoms with E-state index >= 15 is 0 Å². The minimum atomic E-state index is -4.32. The molecule has 3 nitrogen and oxygen atoms in total. The van der Waals surface area contributed by atoms with E-state index in [1.807, 2.05) is 0 Å². The Bertz CT molecular complexity index is 159. The summed E-state index contributed by atoms with van der Waals surface area (Å²) in [4.78, 5) is 0. The van der Waals surface area contributed by atoms with E-state index in [1.165, 1.54) is 6.92 Å². The van der Waals surface area contributed by atoms with Crippen LogP contribution in [0.25, 0.3) is 0 Å². The number of nitrogens with two attached hydrogens (primary N) is 1. The van der Waals surface area contributed by atoms with Gasteiger partial charge >= 0.3 is 6.18 Å². The Hall–Kier alpha value is -0.330. The first-order valence-electron chi connectivity index (χ1n) is 3.61. The van der Waals surface area contributed by atoms with Crippen LogP contribution in [0.4, 0.5) is 13.2 Å². The van der Waals surface area contributed by atoms with Crippen molar-refractivity contribution in [2.75, 3.05) is 19.7 Å². The number of nitrogens with zero attached hydrogens (tertiary/aromatic N) is 1. The first-order chi connectivity index (χ1) is 5.41. The Labute approximate surface area is 68.2 Å². The maximum Gasteiger partial charge on any atom is 0.420 e. The number of ether oxygens (including phenoxy) is 1. The zero-order valence-corrected chi connectivity index (χ0v) is 6.69. The lowest BCUT2D eigenvalue weighted by atomic mass is 9.95. The van der Waals surface area contributed by atoms with Crippen LogP contribution in [0.3, 0.4) is 0 Å². The van der Waals surface area contributed by atoms with Crippen LogP contribution in [0.2, 0.25) is 0 Å². The van der Waals surface area contributed by atoms with Crippen LogP contribution in [0.1, 0.15) is 6.92 Å². The van der Waals surface area contributed by atoms with Crippen molar-refractivity contribution in [3.05, 3.63) is 0 Å². The van der Waals surface area contributed by atoms with Gasteiger partial charge in [-0.1, -0.05) is 0 Å². The van der Waals surface area contributed by atoms with E-state index in [4.69, 9.17) is 5.84 Å². The summed E-state index contributed by atoms with van der Waals surface area (Å²) >= 11 is 0. The summed E-state index contributed by atoms with van der Waals surface area (Å²) in [7, 11) is 0. The van der Waals surface area contributed by atoms with Gasteiger partial charge in [0.05, 0.1) is 13.1 Å². The number of hydrogen-bond acceptors (Lipinski definition) is 3. The molecule has 0 aromatic heterocycles. The van der Waals surface area contributed by atoms with Gasteiger partial charge in [0, 0.05) is 6.61 Å². The van der Waals surface area contributed by atoms with Crippen molar-refractivity contribution in [3.63, 3.8) is 0 Å². The molecule has 1 saturated heterocycles. The Morgan fingerprint density at radius 2 is 2.00 bits per heavy atom. The zero-order valence-electron chi connectivity index (χ0n) is 6.69. The molecule has 0 aromatic rings. The molecular formula is C6H11F3N2O. The zero-order chi connectivity index (χ0) is 9.41.